The van der Waals surface area contributed by atoms with E-state index in [0.717, 1.165) is 0 Å². The van der Waals surface area contributed by atoms with Crippen molar-refractivity contribution in [3.8, 4) is 0 Å². The molecule has 0 amide bonds. The summed E-state index contributed by atoms with van der Waals surface area (Å²) in [7, 11) is 0. The standard InChI is InChI=1S/C3H3N.3H2O/c1-2-4-3-1;;;/h1-3H;3*1H2. The van der Waals surface area contributed by atoms with Gasteiger partial charge in [0.1, 0.15) is 0 Å². The summed E-state index contributed by atoms with van der Waals surface area (Å²) in [5, 5.41) is 0. The van der Waals surface area contributed by atoms with E-state index < -0.39 is 0 Å². The second-order valence-electron chi connectivity index (χ2n) is 0.640. The Balaban J connectivity index is -0.0000000533. The summed E-state index contributed by atoms with van der Waals surface area (Å²) in [6.07, 6.45) is 5.39. The molecule has 0 aliphatic carbocycles. The Morgan fingerprint density at radius 2 is 1.14 bits per heavy atom. The molecule has 0 saturated carbocycles. The Kier molecular flexibility index (Phi) is 20.9. The van der Waals surface area contributed by atoms with Crippen LogP contribution in [0.15, 0.2) is 17.3 Å². The molecule has 0 aromatic heterocycles. The number of aliphatic imine (C=N–C) groups is 1. The van der Waals surface area contributed by atoms with Crippen molar-refractivity contribution in [2.24, 2.45) is 4.99 Å². The first-order chi connectivity index (χ1) is 2.00. The molecule has 44 valence electrons. The van der Waals surface area contributed by atoms with E-state index in [9.17, 15) is 0 Å². The lowest BCUT2D eigenvalue weighted by molar-refractivity contribution is 0.823. The lowest BCUT2D eigenvalue weighted by Gasteiger charge is -1.77. The van der Waals surface area contributed by atoms with E-state index in [1.165, 1.54) is 0 Å². The third-order valence-corrected chi connectivity index (χ3v) is 0.344. The van der Waals surface area contributed by atoms with Gasteiger partial charge < -0.3 is 16.4 Å². The fourth-order valence-corrected chi connectivity index (χ4v) is 0.0861. The molecular formula is C3H9NO3. The quantitative estimate of drug-likeness (QED) is 0.345. The topological polar surface area (TPSA) is 107 Å². The summed E-state index contributed by atoms with van der Waals surface area (Å²) in [6.45, 7) is 0. The number of rotatable bonds is 0. The predicted octanol–water partition coefficient (Wildman–Crippen LogP) is -1.89. The highest BCUT2D eigenvalue weighted by molar-refractivity contribution is 5.76. The zero-order chi connectivity index (χ0) is 2.83. The zero-order valence-electron chi connectivity index (χ0n) is 3.68. The van der Waals surface area contributed by atoms with Gasteiger partial charge in [-0.2, -0.15) is 0 Å². The van der Waals surface area contributed by atoms with Crippen LogP contribution in [0.5, 0.6) is 0 Å². The lowest BCUT2D eigenvalue weighted by atomic mass is 10.6. The molecular weight excluding hydrogens is 98.0 g/mol. The molecule has 0 radical (unpaired) electrons. The molecule has 0 fully saturated rings. The van der Waals surface area contributed by atoms with Gasteiger partial charge in [0.25, 0.3) is 0 Å². The van der Waals surface area contributed by atoms with Crippen LogP contribution in [0.1, 0.15) is 0 Å². The summed E-state index contributed by atoms with van der Waals surface area (Å²) < 4.78 is 0. The Bertz CT molecular complexity index is 50.6. The lowest BCUT2D eigenvalue weighted by Crippen LogP contribution is -1.67. The largest absolute Gasteiger partial charge is 0.412 e. The van der Waals surface area contributed by atoms with Crippen LogP contribution in [-0.4, -0.2) is 22.6 Å². The summed E-state index contributed by atoms with van der Waals surface area (Å²) in [5.41, 5.74) is 0. The molecule has 0 aromatic carbocycles. The van der Waals surface area contributed by atoms with Crippen LogP contribution in [0.25, 0.3) is 0 Å². The molecule has 1 rings (SSSR count). The van der Waals surface area contributed by atoms with Crippen LogP contribution >= 0.6 is 0 Å². The molecule has 4 heteroatoms. The van der Waals surface area contributed by atoms with Crippen molar-refractivity contribution in [3.05, 3.63) is 12.3 Å². The highest BCUT2D eigenvalue weighted by Crippen LogP contribution is 1.78. The molecule has 6 N–H and O–H groups in total. The van der Waals surface area contributed by atoms with E-state index >= 15 is 0 Å². The van der Waals surface area contributed by atoms with Gasteiger partial charge in [-0.25, -0.2) is 0 Å². The van der Waals surface area contributed by atoms with Crippen molar-refractivity contribution in [1.29, 1.82) is 0 Å². The number of hydrogen-bond donors (Lipinski definition) is 0. The van der Waals surface area contributed by atoms with Crippen molar-refractivity contribution in [2.75, 3.05) is 0 Å². The van der Waals surface area contributed by atoms with Gasteiger partial charge in [-0.1, -0.05) is 0 Å². The van der Waals surface area contributed by atoms with Gasteiger partial charge >= 0.3 is 0 Å². The second-order valence-corrected chi connectivity index (χ2v) is 0.640. The number of hydrogen-bond acceptors (Lipinski definition) is 1. The van der Waals surface area contributed by atoms with E-state index in [4.69, 9.17) is 0 Å². The monoisotopic (exact) mass is 107 g/mol. The van der Waals surface area contributed by atoms with Crippen LogP contribution in [-0.2, 0) is 0 Å². The second kappa shape index (κ2) is 8.99. The van der Waals surface area contributed by atoms with E-state index in [-0.39, 0.29) is 16.4 Å². The molecule has 4 nitrogen and oxygen atoms in total. The van der Waals surface area contributed by atoms with Gasteiger partial charge in [0.2, 0.25) is 0 Å². The summed E-state index contributed by atoms with van der Waals surface area (Å²) in [6, 6.07) is 0. The first-order valence-corrected chi connectivity index (χ1v) is 1.18. The van der Waals surface area contributed by atoms with Crippen LogP contribution in [0.3, 0.4) is 0 Å². The average molecular weight is 107 g/mol. The minimum Gasteiger partial charge on any atom is -0.412 e. The highest BCUT2D eigenvalue weighted by Gasteiger charge is 1.66. The van der Waals surface area contributed by atoms with Crippen LogP contribution in [0.2, 0.25) is 0 Å². The minimum absolute atomic E-state index is 0. The molecule has 0 atom stereocenters. The summed E-state index contributed by atoms with van der Waals surface area (Å²) in [4.78, 5) is 3.61. The van der Waals surface area contributed by atoms with Crippen molar-refractivity contribution >= 4 is 6.21 Å². The van der Waals surface area contributed by atoms with Gasteiger partial charge in [0.15, 0.2) is 0 Å². The Labute approximate surface area is 41.1 Å². The van der Waals surface area contributed by atoms with Gasteiger partial charge in [0, 0.05) is 12.4 Å². The van der Waals surface area contributed by atoms with Gasteiger partial charge in [-0.3, -0.25) is 4.99 Å². The molecule has 0 saturated heterocycles. The maximum Gasteiger partial charge on any atom is 0.0283 e. The Morgan fingerprint density at radius 1 is 1.00 bits per heavy atom. The minimum atomic E-state index is 0. The van der Waals surface area contributed by atoms with Gasteiger partial charge in [0.05, 0.1) is 0 Å². The van der Waals surface area contributed by atoms with Crippen molar-refractivity contribution in [3.63, 3.8) is 0 Å². The van der Waals surface area contributed by atoms with E-state index in [0.29, 0.717) is 0 Å². The Hall–Kier alpha value is -0.710. The van der Waals surface area contributed by atoms with Crippen molar-refractivity contribution in [2.45, 2.75) is 0 Å². The smallest absolute Gasteiger partial charge is 0.0283 e. The van der Waals surface area contributed by atoms with Crippen LogP contribution < -0.4 is 0 Å². The van der Waals surface area contributed by atoms with E-state index in [2.05, 4.69) is 4.99 Å². The molecule has 0 spiro atoms. The SMILES string of the molecule is C1=CN=C1.O.O.O. The maximum atomic E-state index is 3.61. The van der Waals surface area contributed by atoms with Gasteiger partial charge in [-0.05, 0) is 6.08 Å². The molecule has 7 heavy (non-hydrogen) atoms. The van der Waals surface area contributed by atoms with E-state index in [1.54, 1.807) is 12.4 Å². The average Bonchev–Trinajstić information content (AvgIpc) is 0.722. The maximum absolute atomic E-state index is 3.61. The van der Waals surface area contributed by atoms with Crippen LogP contribution in [0, 0.1) is 0 Å². The molecule has 0 aromatic rings. The first-order valence-electron chi connectivity index (χ1n) is 1.18. The Morgan fingerprint density at radius 3 is 1.14 bits per heavy atom. The molecule has 0 unspecified atom stereocenters. The number of nitrogens with zero attached hydrogens (tertiary/aromatic N) is 1. The third-order valence-electron chi connectivity index (χ3n) is 0.344. The molecule has 1 heterocycles. The molecule has 0 bridgehead atoms. The normalized spacial score (nSPS) is 9.14. The fraction of sp³-hybridized carbons (Fsp3) is 0. The molecule has 1 aliphatic rings. The molecule has 1 aliphatic heterocycles. The first kappa shape index (κ1) is 16.3. The fourth-order valence-electron chi connectivity index (χ4n) is 0.0861. The van der Waals surface area contributed by atoms with Crippen LogP contribution in [0.4, 0.5) is 0 Å². The zero-order valence-corrected chi connectivity index (χ0v) is 3.68. The van der Waals surface area contributed by atoms with Crippen molar-refractivity contribution in [1.82, 2.24) is 0 Å². The van der Waals surface area contributed by atoms with Gasteiger partial charge in [-0.15, -0.1) is 0 Å². The predicted molar refractivity (Wildman–Crippen MR) is 28.5 cm³/mol. The van der Waals surface area contributed by atoms with E-state index in [1.807, 2.05) is 6.08 Å². The summed E-state index contributed by atoms with van der Waals surface area (Å²) in [5.74, 6) is 0. The third kappa shape index (κ3) is 5.29. The van der Waals surface area contributed by atoms with Crippen molar-refractivity contribution < 1.29 is 16.4 Å². The summed E-state index contributed by atoms with van der Waals surface area (Å²) >= 11 is 0. The highest BCUT2D eigenvalue weighted by atomic mass is 16.0. The number of allylic oxidation sites excluding steroid dienone is 1.